The van der Waals surface area contributed by atoms with E-state index >= 15 is 8.78 Å². The molecule has 1 heterocycles. The van der Waals surface area contributed by atoms with Crippen LogP contribution in [0.25, 0.3) is 22.3 Å². The molecule has 0 aliphatic carbocycles. The summed E-state index contributed by atoms with van der Waals surface area (Å²) < 4.78 is 70.4. The lowest BCUT2D eigenvalue weighted by atomic mass is 9.90. The fourth-order valence-corrected chi connectivity index (χ4v) is 4.75. The molecule has 1 fully saturated rings. The molecule has 1 saturated heterocycles. The average Bonchev–Trinajstić information content (AvgIpc) is 2.89. The van der Waals surface area contributed by atoms with Crippen molar-refractivity contribution in [1.29, 1.82) is 0 Å². The fourth-order valence-electron chi connectivity index (χ4n) is 4.75. The molecule has 2 unspecified atom stereocenters. The molecule has 0 aromatic heterocycles. The number of unbranched alkanes of at least 4 members (excludes halogenated alkanes) is 1. The van der Waals surface area contributed by atoms with Crippen LogP contribution >= 0.6 is 0 Å². The van der Waals surface area contributed by atoms with Gasteiger partial charge in [-0.05, 0) is 54.9 Å². The van der Waals surface area contributed by atoms with Crippen LogP contribution in [0.2, 0.25) is 0 Å². The quantitative estimate of drug-likeness (QED) is 0.216. The largest absolute Gasteiger partial charge is 0.490 e. The molecule has 3 aromatic rings. The van der Waals surface area contributed by atoms with Gasteiger partial charge in [0.2, 0.25) is 5.82 Å². The minimum absolute atomic E-state index is 0.0692. The zero-order chi connectivity index (χ0) is 25.7. The van der Waals surface area contributed by atoms with Crippen LogP contribution in [-0.2, 0) is 4.74 Å². The molecular weight excluding hydrogens is 468 g/mol. The number of hydrogen-bond donors (Lipinski definition) is 0. The van der Waals surface area contributed by atoms with Crippen LogP contribution in [0, 0.1) is 29.2 Å². The van der Waals surface area contributed by atoms with Crippen molar-refractivity contribution in [3.63, 3.8) is 0 Å². The third kappa shape index (κ3) is 5.59. The molecular formula is C30H32F4O2. The minimum Gasteiger partial charge on any atom is -0.490 e. The third-order valence-corrected chi connectivity index (χ3v) is 6.84. The number of ether oxygens (including phenoxy) is 2. The van der Waals surface area contributed by atoms with Crippen molar-refractivity contribution in [2.45, 2.75) is 58.5 Å². The van der Waals surface area contributed by atoms with Crippen molar-refractivity contribution in [1.82, 2.24) is 0 Å². The van der Waals surface area contributed by atoms with E-state index in [0.717, 1.165) is 32.1 Å². The predicted molar refractivity (Wildman–Crippen MR) is 134 cm³/mol. The van der Waals surface area contributed by atoms with Crippen molar-refractivity contribution in [2.24, 2.45) is 5.92 Å². The van der Waals surface area contributed by atoms with Gasteiger partial charge in [0.05, 0.1) is 19.3 Å². The van der Waals surface area contributed by atoms with Gasteiger partial charge in [-0.1, -0.05) is 63.1 Å². The standard InChI is InChI=1S/C30H32F4O2/c1-3-5-17-35-26-16-14-23(28(32)30(26)34)21-10-8-20(9-11-21)22-12-13-24(29(33)27(22)31)25-15-7-19(6-4-2)18-36-25/h8-14,16,19,25H,3-7,15,17-18H2,1-2H3. The van der Waals surface area contributed by atoms with Gasteiger partial charge in [0, 0.05) is 16.7 Å². The van der Waals surface area contributed by atoms with Crippen LogP contribution in [0.1, 0.15) is 64.0 Å². The number of benzene rings is 3. The fraction of sp³-hybridized carbons (Fsp3) is 0.400. The summed E-state index contributed by atoms with van der Waals surface area (Å²) in [5.74, 6) is -3.54. The zero-order valence-electron chi connectivity index (χ0n) is 20.8. The van der Waals surface area contributed by atoms with Crippen molar-refractivity contribution in [2.75, 3.05) is 13.2 Å². The number of rotatable bonds is 9. The van der Waals surface area contributed by atoms with Gasteiger partial charge in [-0.25, -0.2) is 13.2 Å². The second-order valence-corrected chi connectivity index (χ2v) is 9.40. The van der Waals surface area contributed by atoms with Crippen molar-refractivity contribution < 1.29 is 27.0 Å². The molecule has 3 aromatic carbocycles. The second kappa shape index (κ2) is 11.9. The van der Waals surface area contributed by atoms with Crippen LogP contribution in [-0.4, -0.2) is 13.2 Å². The average molecular weight is 501 g/mol. The lowest BCUT2D eigenvalue weighted by Crippen LogP contribution is -2.21. The highest BCUT2D eigenvalue weighted by atomic mass is 19.2. The predicted octanol–water partition coefficient (Wildman–Crippen LogP) is 9.02. The van der Waals surface area contributed by atoms with E-state index in [-0.39, 0.29) is 22.4 Å². The van der Waals surface area contributed by atoms with Gasteiger partial charge < -0.3 is 9.47 Å². The maximum absolute atomic E-state index is 15.1. The Kier molecular flexibility index (Phi) is 8.68. The molecule has 192 valence electrons. The molecule has 0 spiro atoms. The van der Waals surface area contributed by atoms with Gasteiger partial charge >= 0.3 is 0 Å². The maximum atomic E-state index is 15.1. The Morgan fingerprint density at radius 1 is 0.750 bits per heavy atom. The SMILES string of the molecule is CCCCOc1ccc(-c2ccc(-c3ccc(C4CCC(CCC)CO4)c(F)c3F)cc2)c(F)c1F. The van der Waals surface area contributed by atoms with Crippen molar-refractivity contribution in [3.8, 4) is 28.0 Å². The molecule has 0 saturated carbocycles. The summed E-state index contributed by atoms with van der Waals surface area (Å²) in [6.07, 6.45) is 4.94. The number of halogens is 4. The van der Waals surface area contributed by atoms with Crippen LogP contribution in [0.15, 0.2) is 48.5 Å². The molecule has 0 bridgehead atoms. The first-order valence-corrected chi connectivity index (χ1v) is 12.8. The van der Waals surface area contributed by atoms with E-state index in [0.29, 0.717) is 36.7 Å². The first-order chi connectivity index (χ1) is 17.4. The second-order valence-electron chi connectivity index (χ2n) is 9.40. The Morgan fingerprint density at radius 3 is 1.97 bits per heavy atom. The zero-order valence-corrected chi connectivity index (χ0v) is 20.8. The lowest BCUT2D eigenvalue weighted by Gasteiger charge is -2.29. The maximum Gasteiger partial charge on any atom is 0.201 e. The highest BCUT2D eigenvalue weighted by Crippen LogP contribution is 2.37. The molecule has 6 heteroatoms. The van der Waals surface area contributed by atoms with Gasteiger partial charge in [-0.3, -0.25) is 0 Å². The summed E-state index contributed by atoms with van der Waals surface area (Å²) in [5, 5.41) is 0. The minimum atomic E-state index is -1.04. The van der Waals surface area contributed by atoms with E-state index in [1.807, 2.05) is 6.92 Å². The van der Waals surface area contributed by atoms with Crippen LogP contribution in [0.5, 0.6) is 5.75 Å². The Labute approximate surface area is 210 Å². The van der Waals surface area contributed by atoms with E-state index < -0.39 is 29.4 Å². The first-order valence-electron chi connectivity index (χ1n) is 12.8. The Balaban J connectivity index is 1.52. The summed E-state index contributed by atoms with van der Waals surface area (Å²) in [6.45, 7) is 4.98. The molecule has 36 heavy (non-hydrogen) atoms. The highest BCUT2D eigenvalue weighted by Gasteiger charge is 2.27. The van der Waals surface area contributed by atoms with Gasteiger partial charge in [0.15, 0.2) is 23.2 Å². The monoisotopic (exact) mass is 500 g/mol. The van der Waals surface area contributed by atoms with Gasteiger partial charge in [-0.15, -0.1) is 0 Å². The highest BCUT2D eigenvalue weighted by molar-refractivity contribution is 5.71. The molecule has 0 amide bonds. The summed E-state index contributed by atoms with van der Waals surface area (Å²) in [5.41, 5.74) is 1.27. The molecule has 1 aliphatic heterocycles. The smallest absolute Gasteiger partial charge is 0.201 e. The Morgan fingerprint density at radius 2 is 1.39 bits per heavy atom. The summed E-state index contributed by atoms with van der Waals surface area (Å²) >= 11 is 0. The molecule has 2 nitrogen and oxygen atoms in total. The topological polar surface area (TPSA) is 18.5 Å². The van der Waals surface area contributed by atoms with E-state index in [1.54, 1.807) is 36.4 Å². The van der Waals surface area contributed by atoms with Crippen molar-refractivity contribution >= 4 is 0 Å². The Bertz CT molecular complexity index is 1170. The lowest BCUT2D eigenvalue weighted by molar-refractivity contribution is -0.0214. The number of hydrogen-bond acceptors (Lipinski definition) is 2. The molecule has 1 aliphatic rings. The van der Waals surface area contributed by atoms with E-state index in [2.05, 4.69) is 6.92 Å². The van der Waals surface area contributed by atoms with E-state index in [4.69, 9.17) is 9.47 Å². The van der Waals surface area contributed by atoms with Gasteiger partial charge in [-0.2, -0.15) is 4.39 Å². The van der Waals surface area contributed by atoms with Crippen LogP contribution < -0.4 is 4.74 Å². The summed E-state index contributed by atoms with van der Waals surface area (Å²) in [6, 6.07) is 12.3. The van der Waals surface area contributed by atoms with Crippen LogP contribution in [0.3, 0.4) is 0 Å². The molecule has 0 N–H and O–H groups in total. The van der Waals surface area contributed by atoms with E-state index in [1.165, 1.54) is 12.1 Å². The summed E-state index contributed by atoms with van der Waals surface area (Å²) in [4.78, 5) is 0. The van der Waals surface area contributed by atoms with Gasteiger partial charge in [0.25, 0.3) is 0 Å². The summed E-state index contributed by atoms with van der Waals surface area (Å²) in [7, 11) is 0. The first kappa shape index (κ1) is 26.2. The van der Waals surface area contributed by atoms with Gasteiger partial charge in [0.1, 0.15) is 0 Å². The van der Waals surface area contributed by atoms with Crippen LogP contribution in [0.4, 0.5) is 17.6 Å². The van der Waals surface area contributed by atoms with E-state index in [9.17, 15) is 8.78 Å². The third-order valence-electron chi connectivity index (χ3n) is 6.84. The van der Waals surface area contributed by atoms with Crippen molar-refractivity contribution in [3.05, 3.63) is 77.4 Å². The molecule has 0 radical (unpaired) electrons. The molecule has 2 atom stereocenters. The molecule has 4 rings (SSSR count). The Hall–Kier alpha value is -2.86. The normalized spacial score (nSPS) is 17.8.